The SMILES string of the molecule is CCCNC(C)(CO)CCOc1ccccc1CC. The second-order valence-electron chi connectivity index (χ2n) is 5.21. The molecule has 1 rings (SSSR count). The predicted octanol–water partition coefficient (Wildman–Crippen LogP) is 2.77. The van der Waals surface area contributed by atoms with Crippen LogP contribution >= 0.6 is 0 Å². The molecule has 0 radical (unpaired) electrons. The fourth-order valence-electron chi connectivity index (χ4n) is 1.97. The quantitative estimate of drug-likeness (QED) is 0.721. The molecule has 0 spiro atoms. The van der Waals surface area contributed by atoms with Gasteiger partial charge in [0, 0.05) is 12.0 Å². The van der Waals surface area contributed by atoms with Crippen LogP contribution in [0.5, 0.6) is 5.75 Å². The smallest absolute Gasteiger partial charge is 0.122 e. The molecule has 1 aromatic carbocycles. The summed E-state index contributed by atoms with van der Waals surface area (Å²) >= 11 is 0. The third kappa shape index (κ3) is 5.21. The van der Waals surface area contributed by atoms with E-state index in [1.807, 2.05) is 25.1 Å². The second-order valence-corrected chi connectivity index (χ2v) is 5.21. The number of hydrogen-bond donors (Lipinski definition) is 2. The Hall–Kier alpha value is -1.06. The van der Waals surface area contributed by atoms with Gasteiger partial charge in [-0.3, -0.25) is 0 Å². The highest BCUT2D eigenvalue weighted by Gasteiger charge is 2.22. The number of aliphatic hydroxyl groups is 1. The van der Waals surface area contributed by atoms with Crippen LogP contribution in [0, 0.1) is 0 Å². The minimum Gasteiger partial charge on any atom is -0.493 e. The third-order valence-electron chi connectivity index (χ3n) is 3.42. The summed E-state index contributed by atoms with van der Waals surface area (Å²) < 4.78 is 5.85. The standard InChI is InChI=1S/C16H27NO2/c1-4-11-17-16(3,13-18)10-12-19-15-9-7-6-8-14(15)5-2/h6-9,17-18H,4-5,10-13H2,1-3H3. The van der Waals surface area contributed by atoms with Crippen LogP contribution in [0.15, 0.2) is 24.3 Å². The zero-order valence-electron chi connectivity index (χ0n) is 12.4. The van der Waals surface area contributed by atoms with Gasteiger partial charge in [0.25, 0.3) is 0 Å². The number of hydrogen-bond acceptors (Lipinski definition) is 3. The van der Waals surface area contributed by atoms with Gasteiger partial charge in [-0.25, -0.2) is 0 Å². The maximum atomic E-state index is 9.49. The summed E-state index contributed by atoms with van der Waals surface area (Å²) in [6, 6.07) is 8.13. The molecule has 1 unspecified atom stereocenters. The Morgan fingerprint density at radius 1 is 1.26 bits per heavy atom. The molecule has 0 aliphatic rings. The fourth-order valence-corrected chi connectivity index (χ4v) is 1.97. The Morgan fingerprint density at radius 3 is 2.63 bits per heavy atom. The van der Waals surface area contributed by atoms with Gasteiger partial charge in [0.15, 0.2) is 0 Å². The maximum absolute atomic E-state index is 9.49. The van der Waals surface area contributed by atoms with Crippen molar-refractivity contribution < 1.29 is 9.84 Å². The summed E-state index contributed by atoms with van der Waals surface area (Å²) in [5, 5.41) is 12.9. The number of para-hydroxylation sites is 1. The Labute approximate surface area is 117 Å². The highest BCUT2D eigenvalue weighted by Crippen LogP contribution is 2.19. The van der Waals surface area contributed by atoms with Gasteiger partial charge in [-0.15, -0.1) is 0 Å². The van der Waals surface area contributed by atoms with Crippen LogP contribution in [-0.2, 0) is 6.42 Å². The first-order chi connectivity index (χ1) is 9.15. The second kappa shape index (κ2) is 8.18. The van der Waals surface area contributed by atoms with Crippen LogP contribution in [0.3, 0.4) is 0 Å². The van der Waals surface area contributed by atoms with Crippen molar-refractivity contribution in [1.29, 1.82) is 0 Å². The van der Waals surface area contributed by atoms with Crippen LogP contribution in [0.2, 0.25) is 0 Å². The fraction of sp³-hybridized carbons (Fsp3) is 0.625. The molecule has 0 heterocycles. The number of rotatable bonds is 9. The number of aryl methyl sites for hydroxylation is 1. The summed E-state index contributed by atoms with van der Waals surface area (Å²) in [7, 11) is 0. The van der Waals surface area contributed by atoms with E-state index >= 15 is 0 Å². The molecule has 108 valence electrons. The molecule has 0 bridgehead atoms. The highest BCUT2D eigenvalue weighted by molar-refractivity contribution is 5.33. The molecule has 0 saturated carbocycles. The lowest BCUT2D eigenvalue weighted by Gasteiger charge is -2.28. The van der Waals surface area contributed by atoms with Crippen LogP contribution in [0.4, 0.5) is 0 Å². The Kier molecular flexibility index (Phi) is 6.89. The summed E-state index contributed by atoms with van der Waals surface area (Å²) in [5.74, 6) is 0.959. The predicted molar refractivity (Wildman–Crippen MR) is 79.7 cm³/mol. The molecule has 3 heteroatoms. The van der Waals surface area contributed by atoms with Gasteiger partial charge in [-0.05, 0) is 37.9 Å². The van der Waals surface area contributed by atoms with Crippen molar-refractivity contribution >= 4 is 0 Å². The average molecular weight is 265 g/mol. The van der Waals surface area contributed by atoms with Gasteiger partial charge in [0.2, 0.25) is 0 Å². The van der Waals surface area contributed by atoms with E-state index in [-0.39, 0.29) is 12.1 Å². The number of aliphatic hydroxyl groups excluding tert-OH is 1. The van der Waals surface area contributed by atoms with Crippen LogP contribution in [-0.4, -0.2) is 30.4 Å². The lowest BCUT2D eigenvalue weighted by Crippen LogP contribution is -2.47. The number of ether oxygens (including phenoxy) is 1. The third-order valence-corrected chi connectivity index (χ3v) is 3.42. The zero-order valence-corrected chi connectivity index (χ0v) is 12.4. The monoisotopic (exact) mass is 265 g/mol. The van der Waals surface area contributed by atoms with E-state index < -0.39 is 0 Å². The topological polar surface area (TPSA) is 41.5 Å². The average Bonchev–Trinajstić information content (AvgIpc) is 2.45. The molecular weight excluding hydrogens is 238 g/mol. The van der Waals surface area contributed by atoms with Crippen LogP contribution in [0.25, 0.3) is 0 Å². The van der Waals surface area contributed by atoms with Gasteiger partial charge in [0.05, 0.1) is 13.2 Å². The van der Waals surface area contributed by atoms with E-state index in [0.717, 1.165) is 31.6 Å². The van der Waals surface area contributed by atoms with Gasteiger partial charge in [-0.2, -0.15) is 0 Å². The molecule has 3 nitrogen and oxygen atoms in total. The van der Waals surface area contributed by atoms with E-state index in [0.29, 0.717) is 6.61 Å². The van der Waals surface area contributed by atoms with Gasteiger partial charge in [0.1, 0.15) is 5.75 Å². The summed E-state index contributed by atoms with van der Waals surface area (Å²) in [6.07, 6.45) is 2.83. The maximum Gasteiger partial charge on any atom is 0.122 e. The molecule has 0 amide bonds. The van der Waals surface area contributed by atoms with E-state index in [1.54, 1.807) is 0 Å². The molecule has 0 aromatic heterocycles. The highest BCUT2D eigenvalue weighted by atomic mass is 16.5. The first-order valence-corrected chi connectivity index (χ1v) is 7.21. The van der Waals surface area contributed by atoms with Crippen molar-refractivity contribution in [3.8, 4) is 5.75 Å². The van der Waals surface area contributed by atoms with Crippen molar-refractivity contribution in [3.63, 3.8) is 0 Å². The normalized spacial score (nSPS) is 14.1. The van der Waals surface area contributed by atoms with E-state index in [4.69, 9.17) is 4.74 Å². The van der Waals surface area contributed by atoms with Gasteiger partial charge >= 0.3 is 0 Å². The van der Waals surface area contributed by atoms with Crippen molar-refractivity contribution in [2.75, 3.05) is 19.8 Å². The van der Waals surface area contributed by atoms with E-state index in [1.165, 1.54) is 5.56 Å². The molecule has 0 aliphatic heterocycles. The van der Waals surface area contributed by atoms with E-state index in [9.17, 15) is 5.11 Å². The molecule has 1 atom stereocenters. The lowest BCUT2D eigenvalue weighted by molar-refractivity contribution is 0.144. The summed E-state index contributed by atoms with van der Waals surface area (Å²) in [4.78, 5) is 0. The Morgan fingerprint density at radius 2 is 2.00 bits per heavy atom. The van der Waals surface area contributed by atoms with Gasteiger partial charge < -0.3 is 15.2 Å². The first-order valence-electron chi connectivity index (χ1n) is 7.21. The minimum atomic E-state index is -0.253. The van der Waals surface area contributed by atoms with Crippen molar-refractivity contribution in [1.82, 2.24) is 5.32 Å². The molecule has 1 aromatic rings. The van der Waals surface area contributed by atoms with Crippen LogP contribution < -0.4 is 10.1 Å². The molecule has 0 fully saturated rings. The van der Waals surface area contributed by atoms with Gasteiger partial charge in [-0.1, -0.05) is 32.0 Å². The largest absolute Gasteiger partial charge is 0.493 e. The lowest BCUT2D eigenvalue weighted by atomic mass is 9.99. The number of benzene rings is 1. The molecule has 0 aliphatic carbocycles. The minimum absolute atomic E-state index is 0.131. The molecule has 2 N–H and O–H groups in total. The van der Waals surface area contributed by atoms with Crippen molar-refractivity contribution in [2.24, 2.45) is 0 Å². The molecule has 19 heavy (non-hydrogen) atoms. The molecule has 0 saturated heterocycles. The zero-order chi connectivity index (χ0) is 14.1. The first kappa shape index (κ1) is 16.0. The number of nitrogens with one attached hydrogen (secondary N) is 1. The molecular formula is C16H27NO2. The Bertz CT molecular complexity index is 368. The summed E-state index contributed by atoms with van der Waals surface area (Å²) in [6.45, 7) is 7.96. The Balaban J connectivity index is 2.47. The van der Waals surface area contributed by atoms with E-state index in [2.05, 4.69) is 25.2 Å². The summed E-state index contributed by atoms with van der Waals surface area (Å²) in [5.41, 5.74) is 0.978. The van der Waals surface area contributed by atoms with Crippen molar-refractivity contribution in [2.45, 2.75) is 45.6 Å². The van der Waals surface area contributed by atoms with Crippen LogP contribution in [0.1, 0.15) is 39.2 Å². The van der Waals surface area contributed by atoms with Crippen molar-refractivity contribution in [3.05, 3.63) is 29.8 Å².